The molecule has 0 saturated carbocycles. The summed E-state index contributed by atoms with van der Waals surface area (Å²) in [7, 11) is 1.92. The van der Waals surface area contributed by atoms with E-state index in [9.17, 15) is 0 Å². The van der Waals surface area contributed by atoms with Gasteiger partial charge in [-0.2, -0.15) is 0 Å². The van der Waals surface area contributed by atoms with Gasteiger partial charge in [0.1, 0.15) is 0 Å². The lowest BCUT2D eigenvalue weighted by Crippen LogP contribution is -2.17. The minimum Gasteiger partial charge on any atom is -0.396 e. The van der Waals surface area contributed by atoms with Crippen molar-refractivity contribution in [1.29, 1.82) is 0 Å². The average Bonchev–Trinajstić information content (AvgIpc) is 2.68. The molecule has 0 aromatic heterocycles. The molecule has 5 heteroatoms. The lowest BCUT2D eigenvalue weighted by Gasteiger charge is -2.07. The summed E-state index contributed by atoms with van der Waals surface area (Å²) in [6, 6.07) is 8.29. The molecule has 0 radical (unpaired) electrons. The highest BCUT2D eigenvalue weighted by atomic mass is 16.5. The first kappa shape index (κ1) is 28.1. The molecule has 160 valence electrons. The normalized spacial score (nSPS) is 9.93. The number of hydrogen-bond donors (Lipinski definition) is 4. The first-order valence-corrected chi connectivity index (χ1v) is 10.0. The molecule has 0 fully saturated rings. The van der Waals surface area contributed by atoms with Crippen molar-refractivity contribution in [2.45, 2.75) is 72.3 Å². The predicted octanol–water partition coefficient (Wildman–Crippen LogP) is 4.54. The molecular weight excluding hydrogens is 340 g/mol. The van der Waals surface area contributed by atoms with Gasteiger partial charge in [-0.1, -0.05) is 52.2 Å². The zero-order valence-electron chi connectivity index (χ0n) is 16.8. The second kappa shape index (κ2) is 22.9. The summed E-state index contributed by atoms with van der Waals surface area (Å²) in [5.41, 5.74) is 2.37. The average molecular weight is 385 g/mol. The fourth-order valence-corrected chi connectivity index (χ4v) is 2.38. The summed E-state index contributed by atoms with van der Waals surface area (Å²) >= 11 is 0. The van der Waals surface area contributed by atoms with E-state index in [1.54, 1.807) is 0 Å². The minimum atomic E-state index is 0. The van der Waals surface area contributed by atoms with Gasteiger partial charge in [-0.05, 0) is 43.4 Å². The lowest BCUT2D eigenvalue weighted by molar-refractivity contribution is 0.110. The summed E-state index contributed by atoms with van der Waals surface area (Å²) < 4.78 is 5.45. The zero-order chi connectivity index (χ0) is 19.3. The number of ether oxygens (including phenoxy) is 1. The summed E-state index contributed by atoms with van der Waals surface area (Å²) in [6.45, 7) is 4.97. The van der Waals surface area contributed by atoms with Crippen LogP contribution in [0.3, 0.4) is 0 Å². The third kappa shape index (κ3) is 19.4. The standard InChI is InChI=1S/C14H24N2O2.C7H16O.CH4/c1-15-14-7-5-6-13(10-14)11-16-12-18-9-4-2-3-8-17;1-2-3-4-5-6-7-8;/h5-7,10,15-17H,2-4,8-9,11-12H2,1H3;8H,2-7H2,1H3;1H4. The Kier molecular flexibility index (Phi) is 23.8. The highest BCUT2D eigenvalue weighted by Gasteiger charge is 1.94. The van der Waals surface area contributed by atoms with Crippen molar-refractivity contribution in [3.63, 3.8) is 0 Å². The van der Waals surface area contributed by atoms with Crippen LogP contribution >= 0.6 is 0 Å². The molecule has 0 spiro atoms. The molecule has 0 aliphatic rings. The molecule has 5 nitrogen and oxygen atoms in total. The van der Waals surface area contributed by atoms with E-state index in [0.29, 0.717) is 13.3 Å². The Morgan fingerprint density at radius 3 is 2.22 bits per heavy atom. The number of hydrogen-bond acceptors (Lipinski definition) is 5. The minimum absolute atomic E-state index is 0. The second-order valence-electron chi connectivity index (χ2n) is 6.35. The molecule has 0 atom stereocenters. The van der Waals surface area contributed by atoms with E-state index in [2.05, 4.69) is 29.7 Å². The van der Waals surface area contributed by atoms with Crippen LogP contribution in [-0.2, 0) is 11.3 Å². The largest absolute Gasteiger partial charge is 0.396 e. The molecule has 0 heterocycles. The summed E-state index contributed by atoms with van der Waals surface area (Å²) in [6.07, 6.45) is 8.98. The topological polar surface area (TPSA) is 73.8 Å². The molecular formula is C22H44N2O3. The molecule has 4 N–H and O–H groups in total. The maximum absolute atomic E-state index is 8.62. The Labute approximate surface area is 167 Å². The number of aliphatic hydroxyl groups is 2. The Balaban J connectivity index is 0. The van der Waals surface area contributed by atoms with Crippen molar-refractivity contribution in [2.75, 3.05) is 38.9 Å². The fourth-order valence-electron chi connectivity index (χ4n) is 2.38. The maximum Gasteiger partial charge on any atom is 0.0967 e. The van der Waals surface area contributed by atoms with E-state index in [0.717, 1.165) is 44.5 Å². The highest BCUT2D eigenvalue weighted by Crippen LogP contribution is 2.09. The van der Waals surface area contributed by atoms with Crippen molar-refractivity contribution < 1.29 is 14.9 Å². The van der Waals surface area contributed by atoms with Gasteiger partial charge in [0.2, 0.25) is 0 Å². The zero-order valence-corrected chi connectivity index (χ0v) is 16.8. The van der Waals surface area contributed by atoms with E-state index in [1.165, 1.54) is 31.2 Å². The van der Waals surface area contributed by atoms with Gasteiger partial charge in [0.05, 0.1) is 6.73 Å². The number of aliphatic hydroxyl groups excluding tert-OH is 2. The third-order valence-electron chi connectivity index (χ3n) is 3.96. The molecule has 27 heavy (non-hydrogen) atoms. The smallest absolute Gasteiger partial charge is 0.0967 e. The number of nitrogens with one attached hydrogen (secondary N) is 2. The molecule has 1 aromatic rings. The first-order chi connectivity index (χ1) is 12.8. The van der Waals surface area contributed by atoms with Gasteiger partial charge in [0.25, 0.3) is 0 Å². The Bertz CT molecular complexity index is 397. The van der Waals surface area contributed by atoms with Crippen LogP contribution < -0.4 is 10.6 Å². The quantitative estimate of drug-likeness (QED) is 0.264. The SMILES string of the molecule is C.CCCCCCCO.CNc1cccc(CNCOCCCCCO)c1. The van der Waals surface area contributed by atoms with E-state index in [1.807, 2.05) is 19.2 Å². The van der Waals surface area contributed by atoms with E-state index < -0.39 is 0 Å². The molecule has 1 rings (SSSR count). The molecule has 1 aromatic carbocycles. The van der Waals surface area contributed by atoms with Crippen LogP contribution in [0.15, 0.2) is 24.3 Å². The highest BCUT2D eigenvalue weighted by molar-refractivity contribution is 5.44. The number of anilines is 1. The van der Waals surface area contributed by atoms with Crippen molar-refractivity contribution in [3.05, 3.63) is 29.8 Å². The second-order valence-corrected chi connectivity index (χ2v) is 6.35. The van der Waals surface area contributed by atoms with Gasteiger partial charge in [0, 0.05) is 39.1 Å². The number of rotatable bonds is 15. The van der Waals surface area contributed by atoms with Crippen LogP contribution in [-0.4, -0.2) is 43.8 Å². The van der Waals surface area contributed by atoms with Gasteiger partial charge in [-0.25, -0.2) is 0 Å². The van der Waals surface area contributed by atoms with Gasteiger partial charge in [-0.15, -0.1) is 0 Å². The lowest BCUT2D eigenvalue weighted by atomic mass is 10.2. The monoisotopic (exact) mass is 384 g/mol. The van der Waals surface area contributed by atoms with E-state index in [-0.39, 0.29) is 14.0 Å². The first-order valence-electron chi connectivity index (χ1n) is 10.0. The van der Waals surface area contributed by atoms with Crippen LogP contribution in [0.4, 0.5) is 5.69 Å². The van der Waals surface area contributed by atoms with Crippen LogP contribution in [0, 0.1) is 0 Å². The van der Waals surface area contributed by atoms with Gasteiger partial charge in [0.15, 0.2) is 0 Å². The van der Waals surface area contributed by atoms with E-state index in [4.69, 9.17) is 14.9 Å². The molecule has 0 amide bonds. The predicted molar refractivity (Wildman–Crippen MR) is 117 cm³/mol. The van der Waals surface area contributed by atoms with Crippen molar-refractivity contribution in [3.8, 4) is 0 Å². The Morgan fingerprint density at radius 1 is 0.926 bits per heavy atom. The van der Waals surface area contributed by atoms with Crippen molar-refractivity contribution >= 4 is 5.69 Å². The molecule has 0 aliphatic heterocycles. The van der Waals surface area contributed by atoms with Crippen LogP contribution in [0.1, 0.15) is 71.3 Å². The summed E-state index contributed by atoms with van der Waals surface area (Å²) in [5, 5.41) is 23.3. The van der Waals surface area contributed by atoms with Gasteiger partial charge >= 0.3 is 0 Å². The van der Waals surface area contributed by atoms with Crippen LogP contribution in [0.5, 0.6) is 0 Å². The van der Waals surface area contributed by atoms with Crippen molar-refractivity contribution in [1.82, 2.24) is 5.32 Å². The third-order valence-corrected chi connectivity index (χ3v) is 3.96. The fraction of sp³-hybridized carbons (Fsp3) is 0.727. The molecule has 0 bridgehead atoms. The van der Waals surface area contributed by atoms with Crippen LogP contribution in [0.2, 0.25) is 0 Å². The Morgan fingerprint density at radius 2 is 1.59 bits per heavy atom. The van der Waals surface area contributed by atoms with Crippen LogP contribution in [0.25, 0.3) is 0 Å². The van der Waals surface area contributed by atoms with Gasteiger partial charge in [-0.3, -0.25) is 5.32 Å². The van der Waals surface area contributed by atoms with Crippen molar-refractivity contribution in [2.24, 2.45) is 0 Å². The Hall–Kier alpha value is -1.14. The van der Waals surface area contributed by atoms with Gasteiger partial charge < -0.3 is 20.3 Å². The molecule has 0 saturated heterocycles. The molecule has 0 unspecified atom stereocenters. The number of benzene rings is 1. The summed E-state index contributed by atoms with van der Waals surface area (Å²) in [4.78, 5) is 0. The maximum atomic E-state index is 8.62. The van der Waals surface area contributed by atoms with E-state index >= 15 is 0 Å². The summed E-state index contributed by atoms with van der Waals surface area (Å²) in [5.74, 6) is 0. The number of unbranched alkanes of at least 4 members (excludes halogenated alkanes) is 6. The molecule has 0 aliphatic carbocycles.